The van der Waals surface area contributed by atoms with Gasteiger partial charge in [-0.25, -0.2) is 9.97 Å². The van der Waals surface area contributed by atoms with E-state index < -0.39 is 5.41 Å². The first kappa shape index (κ1) is 34.2. The minimum atomic E-state index is -0.567. The highest BCUT2D eigenvalue weighted by atomic mass is 15.2. The van der Waals surface area contributed by atoms with Crippen molar-refractivity contribution in [3.63, 3.8) is 0 Å². The number of fused-ring (bicyclic) bond motifs is 11. The van der Waals surface area contributed by atoms with Gasteiger partial charge in [0.2, 0.25) is 0 Å². The zero-order valence-corrected chi connectivity index (χ0v) is 32.7. The molecule has 12 rings (SSSR count). The summed E-state index contributed by atoms with van der Waals surface area (Å²) in [6, 6.07) is 81.1. The van der Waals surface area contributed by atoms with Crippen molar-refractivity contribution in [1.29, 1.82) is 0 Å². The first-order valence-electron chi connectivity index (χ1n) is 20.6. The monoisotopic (exact) mass is 763 g/mol. The van der Waals surface area contributed by atoms with Crippen LogP contribution in [-0.4, -0.2) is 9.97 Å². The fraction of sp³-hybridized carbons (Fsp3) is 0.0175. The number of aromatic nitrogens is 2. The minimum Gasteiger partial charge on any atom is -0.310 e. The molecule has 3 nitrogen and oxygen atoms in total. The van der Waals surface area contributed by atoms with Crippen LogP contribution in [0.15, 0.2) is 224 Å². The highest BCUT2D eigenvalue weighted by molar-refractivity contribution is 6.06. The normalized spacial score (nSPS) is 13.1. The standard InChI is InChI=1S/C57H37N3/c1-4-18-39(19-5-1)51-37-52(59-56(58-51)40-20-6-2-7-21-40)43-23-16-22-41(35-43)42-31-33-46-50(36-42)57(49-34-32-38-17-10-11-26-45(38)55(46)49)47-27-12-14-29-53(47)60(44-24-8-3-9-25-44)54-30-15-13-28-48(54)57/h1-37H. The summed E-state index contributed by atoms with van der Waals surface area (Å²) >= 11 is 0. The second-order valence-corrected chi connectivity index (χ2v) is 15.7. The van der Waals surface area contributed by atoms with Gasteiger partial charge in [-0.2, -0.15) is 0 Å². The lowest BCUT2D eigenvalue weighted by molar-refractivity contribution is 0.753. The molecular weight excluding hydrogens is 727 g/mol. The summed E-state index contributed by atoms with van der Waals surface area (Å²) in [7, 11) is 0. The maximum absolute atomic E-state index is 5.18. The Bertz CT molecular complexity index is 3160. The Morgan fingerprint density at radius 2 is 0.917 bits per heavy atom. The Hall–Kier alpha value is -7.88. The molecule has 1 aromatic heterocycles. The molecule has 0 atom stereocenters. The first-order chi connectivity index (χ1) is 29.8. The number of hydrogen-bond acceptors (Lipinski definition) is 3. The van der Waals surface area contributed by atoms with E-state index in [0.717, 1.165) is 44.9 Å². The summed E-state index contributed by atoms with van der Waals surface area (Å²) < 4.78 is 0. The van der Waals surface area contributed by atoms with Gasteiger partial charge in [-0.15, -0.1) is 0 Å². The molecule has 0 amide bonds. The third kappa shape index (κ3) is 5.16. The molecule has 0 unspecified atom stereocenters. The van der Waals surface area contributed by atoms with Crippen LogP contribution < -0.4 is 4.90 Å². The fourth-order valence-corrected chi connectivity index (χ4v) is 9.88. The van der Waals surface area contributed by atoms with Crippen LogP contribution in [0.1, 0.15) is 22.3 Å². The molecule has 1 spiro atoms. The molecule has 2 aliphatic rings. The summed E-state index contributed by atoms with van der Waals surface area (Å²) in [4.78, 5) is 12.7. The molecule has 0 fully saturated rings. The third-order valence-electron chi connectivity index (χ3n) is 12.5. The van der Waals surface area contributed by atoms with Crippen molar-refractivity contribution >= 4 is 27.8 Å². The van der Waals surface area contributed by atoms with Crippen LogP contribution in [-0.2, 0) is 5.41 Å². The molecule has 1 aliphatic heterocycles. The highest BCUT2D eigenvalue weighted by Crippen LogP contribution is 2.64. The van der Waals surface area contributed by atoms with Crippen molar-refractivity contribution < 1.29 is 0 Å². The van der Waals surface area contributed by atoms with Crippen LogP contribution >= 0.6 is 0 Å². The SMILES string of the molecule is c1ccc(-c2cc(-c3cccc(-c4ccc5c(c4)C4(c6ccccc6N(c6ccccc6)c6ccccc64)c4ccc6ccccc6c4-5)c3)nc(-c3ccccc3)n2)cc1. The predicted octanol–water partition coefficient (Wildman–Crippen LogP) is 14.4. The van der Waals surface area contributed by atoms with E-state index >= 15 is 0 Å². The molecule has 280 valence electrons. The smallest absolute Gasteiger partial charge is 0.160 e. The zero-order chi connectivity index (χ0) is 39.6. The Balaban J connectivity index is 1.09. The molecule has 0 radical (unpaired) electrons. The van der Waals surface area contributed by atoms with E-state index in [9.17, 15) is 0 Å². The van der Waals surface area contributed by atoms with Crippen molar-refractivity contribution in [2.45, 2.75) is 5.41 Å². The molecule has 2 heterocycles. The van der Waals surface area contributed by atoms with E-state index in [0.29, 0.717) is 5.82 Å². The number of rotatable bonds is 5. The van der Waals surface area contributed by atoms with E-state index in [4.69, 9.17) is 9.97 Å². The van der Waals surface area contributed by atoms with Gasteiger partial charge in [0.25, 0.3) is 0 Å². The van der Waals surface area contributed by atoms with Gasteiger partial charge in [-0.3, -0.25) is 0 Å². The van der Waals surface area contributed by atoms with E-state index in [1.54, 1.807) is 0 Å². The topological polar surface area (TPSA) is 29.0 Å². The Morgan fingerprint density at radius 1 is 0.350 bits per heavy atom. The van der Waals surface area contributed by atoms with Gasteiger partial charge in [0.1, 0.15) is 0 Å². The maximum Gasteiger partial charge on any atom is 0.160 e. The molecule has 10 aromatic rings. The van der Waals surface area contributed by atoms with E-state index in [1.165, 1.54) is 55.5 Å². The minimum absolute atomic E-state index is 0.567. The van der Waals surface area contributed by atoms with Crippen LogP contribution in [0.3, 0.4) is 0 Å². The second kappa shape index (κ2) is 13.6. The van der Waals surface area contributed by atoms with Crippen molar-refractivity contribution in [3.8, 4) is 56.2 Å². The van der Waals surface area contributed by atoms with Crippen LogP contribution in [0.5, 0.6) is 0 Å². The number of nitrogens with zero attached hydrogens (tertiary/aromatic N) is 3. The summed E-state index contributed by atoms with van der Waals surface area (Å²) in [5.41, 5.74) is 17.9. The fourth-order valence-electron chi connectivity index (χ4n) is 9.88. The Kier molecular flexibility index (Phi) is 7.76. The maximum atomic E-state index is 5.18. The lowest BCUT2D eigenvalue weighted by atomic mass is 9.64. The van der Waals surface area contributed by atoms with Crippen LogP contribution in [0.4, 0.5) is 17.1 Å². The van der Waals surface area contributed by atoms with E-state index in [-0.39, 0.29) is 0 Å². The largest absolute Gasteiger partial charge is 0.310 e. The quantitative estimate of drug-likeness (QED) is 0.175. The molecule has 3 heteroatoms. The summed E-state index contributed by atoms with van der Waals surface area (Å²) in [6.45, 7) is 0. The third-order valence-corrected chi connectivity index (χ3v) is 12.5. The van der Waals surface area contributed by atoms with Crippen molar-refractivity contribution in [1.82, 2.24) is 9.97 Å². The van der Waals surface area contributed by atoms with Gasteiger partial charge in [0, 0.05) is 22.4 Å². The van der Waals surface area contributed by atoms with Crippen molar-refractivity contribution in [3.05, 3.63) is 247 Å². The molecular formula is C57H37N3. The molecule has 0 bridgehead atoms. The van der Waals surface area contributed by atoms with Crippen molar-refractivity contribution in [2.24, 2.45) is 0 Å². The molecule has 0 saturated heterocycles. The lowest BCUT2D eigenvalue weighted by Crippen LogP contribution is -2.36. The second-order valence-electron chi connectivity index (χ2n) is 15.7. The van der Waals surface area contributed by atoms with Crippen LogP contribution in [0.2, 0.25) is 0 Å². The highest BCUT2D eigenvalue weighted by Gasteiger charge is 2.52. The molecule has 1 aliphatic carbocycles. The van der Waals surface area contributed by atoms with Crippen LogP contribution in [0.25, 0.3) is 66.9 Å². The van der Waals surface area contributed by atoms with Gasteiger partial charge in [-0.1, -0.05) is 182 Å². The number of para-hydroxylation sites is 3. The van der Waals surface area contributed by atoms with E-state index in [1.807, 2.05) is 24.3 Å². The summed E-state index contributed by atoms with van der Waals surface area (Å²) in [5, 5.41) is 2.52. The Labute approximate surface area is 349 Å². The molecule has 60 heavy (non-hydrogen) atoms. The summed E-state index contributed by atoms with van der Waals surface area (Å²) in [6.07, 6.45) is 0. The van der Waals surface area contributed by atoms with Gasteiger partial charge >= 0.3 is 0 Å². The van der Waals surface area contributed by atoms with Gasteiger partial charge in [-0.05, 0) is 97.7 Å². The number of anilines is 3. The Morgan fingerprint density at radius 3 is 1.65 bits per heavy atom. The first-order valence-corrected chi connectivity index (χ1v) is 20.6. The average Bonchev–Trinajstić information content (AvgIpc) is 3.63. The summed E-state index contributed by atoms with van der Waals surface area (Å²) in [5.74, 6) is 0.709. The number of hydrogen-bond donors (Lipinski definition) is 0. The van der Waals surface area contributed by atoms with Gasteiger partial charge in [0.05, 0.1) is 28.2 Å². The van der Waals surface area contributed by atoms with E-state index in [2.05, 4.69) is 205 Å². The van der Waals surface area contributed by atoms with Gasteiger partial charge < -0.3 is 4.90 Å². The number of benzene rings is 9. The molecule has 0 saturated carbocycles. The molecule has 0 N–H and O–H groups in total. The zero-order valence-electron chi connectivity index (χ0n) is 32.7. The lowest BCUT2D eigenvalue weighted by Gasteiger charge is -2.45. The average molecular weight is 764 g/mol. The molecule has 9 aromatic carbocycles. The van der Waals surface area contributed by atoms with Crippen LogP contribution in [0, 0.1) is 0 Å². The van der Waals surface area contributed by atoms with Crippen molar-refractivity contribution in [2.75, 3.05) is 4.90 Å². The predicted molar refractivity (Wildman–Crippen MR) is 247 cm³/mol. The van der Waals surface area contributed by atoms with Gasteiger partial charge in [0.15, 0.2) is 5.82 Å².